The van der Waals surface area contributed by atoms with Crippen molar-refractivity contribution in [2.45, 2.75) is 13.0 Å². The van der Waals surface area contributed by atoms with Crippen LogP contribution in [0.3, 0.4) is 0 Å². The molecule has 1 fully saturated rings. The Labute approximate surface area is 88.5 Å². The fourth-order valence-corrected chi connectivity index (χ4v) is 2.88. The maximum absolute atomic E-state index is 4.21. The average Bonchev–Trinajstić information content (AvgIpc) is 2.77. The molecule has 1 unspecified atom stereocenters. The normalized spacial score (nSPS) is 21.6. The van der Waals surface area contributed by atoms with Crippen molar-refractivity contribution in [1.29, 1.82) is 0 Å². The highest BCUT2D eigenvalue weighted by atomic mass is 32.2. The van der Waals surface area contributed by atoms with Crippen LogP contribution in [0.1, 0.15) is 12.2 Å². The van der Waals surface area contributed by atoms with Gasteiger partial charge in [0.1, 0.15) is 6.33 Å². The van der Waals surface area contributed by atoms with Gasteiger partial charge in [-0.2, -0.15) is 16.9 Å². The molecule has 1 aromatic rings. The van der Waals surface area contributed by atoms with Crippen LogP contribution in [0.15, 0.2) is 6.33 Å². The minimum absolute atomic E-state index is 0.794. The Morgan fingerprint density at radius 1 is 1.71 bits per heavy atom. The van der Waals surface area contributed by atoms with Crippen LogP contribution in [0.25, 0.3) is 0 Å². The second kappa shape index (κ2) is 4.79. The van der Waals surface area contributed by atoms with E-state index in [0.717, 1.165) is 24.8 Å². The monoisotopic (exact) mass is 212 g/mol. The SMILES string of the molecule is Cn1cnc(CNCC2CCSC2)n1. The van der Waals surface area contributed by atoms with Crippen LogP contribution in [0, 0.1) is 5.92 Å². The first-order valence-corrected chi connectivity index (χ1v) is 6.13. The molecule has 78 valence electrons. The van der Waals surface area contributed by atoms with Crippen LogP contribution in [0.5, 0.6) is 0 Å². The maximum Gasteiger partial charge on any atom is 0.164 e. The summed E-state index contributed by atoms with van der Waals surface area (Å²) < 4.78 is 1.74. The lowest BCUT2D eigenvalue weighted by Gasteiger charge is -2.07. The predicted octanol–water partition coefficient (Wildman–Crippen LogP) is 0.658. The van der Waals surface area contributed by atoms with Gasteiger partial charge >= 0.3 is 0 Å². The standard InChI is InChI=1S/C9H16N4S/c1-13-7-11-9(12-13)5-10-4-8-2-3-14-6-8/h7-8,10H,2-6H2,1H3. The van der Waals surface area contributed by atoms with Gasteiger partial charge in [0.2, 0.25) is 0 Å². The highest BCUT2D eigenvalue weighted by Gasteiger charge is 2.14. The van der Waals surface area contributed by atoms with E-state index in [4.69, 9.17) is 0 Å². The smallest absolute Gasteiger partial charge is 0.164 e. The molecule has 0 amide bonds. The Balaban J connectivity index is 1.67. The van der Waals surface area contributed by atoms with Crippen LogP contribution < -0.4 is 5.32 Å². The Morgan fingerprint density at radius 2 is 2.64 bits per heavy atom. The minimum Gasteiger partial charge on any atom is -0.309 e. The van der Waals surface area contributed by atoms with Crippen LogP contribution in [-0.4, -0.2) is 32.8 Å². The fraction of sp³-hybridized carbons (Fsp3) is 0.778. The number of aryl methyl sites for hydroxylation is 1. The van der Waals surface area contributed by atoms with Gasteiger partial charge in [0.05, 0.1) is 6.54 Å². The quantitative estimate of drug-likeness (QED) is 0.796. The summed E-state index contributed by atoms with van der Waals surface area (Å²) >= 11 is 2.06. The fourth-order valence-electron chi connectivity index (χ4n) is 1.60. The van der Waals surface area contributed by atoms with Crippen molar-refractivity contribution < 1.29 is 0 Å². The van der Waals surface area contributed by atoms with E-state index >= 15 is 0 Å². The largest absolute Gasteiger partial charge is 0.309 e. The number of hydrogen-bond donors (Lipinski definition) is 1. The topological polar surface area (TPSA) is 42.7 Å². The van der Waals surface area contributed by atoms with Crippen LogP contribution >= 0.6 is 11.8 Å². The van der Waals surface area contributed by atoms with Crippen LogP contribution in [0.4, 0.5) is 0 Å². The van der Waals surface area contributed by atoms with Gasteiger partial charge in [-0.25, -0.2) is 4.98 Å². The molecular formula is C9H16N4S. The van der Waals surface area contributed by atoms with Gasteiger partial charge in [-0.3, -0.25) is 4.68 Å². The molecule has 4 nitrogen and oxygen atoms in total. The molecule has 0 spiro atoms. The van der Waals surface area contributed by atoms with Gasteiger partial charge in [0.15, 0.2) is 5.82 Å². The van der Waals surface area contributed by atoms with Gasteiger partial charge < -0.3 is 5.32 Å². The third-order valence-electron chi connectivity index (χ3n) is 2.39. The summed E-state index contributed by atoms with van der Waals surface area (Å²) in [5.74, 6) is 4.37. The Hall–Kier alpha value is -0.550. The maximum atomic E-state index is 4.21. The van der Waals surface area contributed by atoms with E-state index in [1.165, 1.54) is 17.9 Å². The number of rotatable bonds is 4. The van der Waals surface area contributed by atoms with E-state index in [9.17, 15) is 0 Å². The second-order valence-electron chi connectivity index (χ2n) is 3.69. The van der Waals surface area contributed by atoms with Crippen molar-refractivity contribution in [3.8, 4) is 0 Å². The number of aromatic nitrogens is 3. The summed E-state index contributed by atoms with van der Waals surface area (Å²) in [5.41, 5.74) is 0. The molecule has 0 aromatic carbocycles. The lowest BCUT2D eigenvalue weighted by Crippen LogP contribution is -2.22. The van der Waals surface area contributed by atoms with Gasteiger partial charge in [-0.15, -0.1) is 0 Å². The van der Waals surface area contributed by atoms with E-state index in [-0.39, 0.29) is 0 Å². The van der Waals surface area contributed by atoms with Crippen LogP contribution in [-0.2, 0) is 13.6 Å². The van der Waals surface area contributed by atoms with Crippen molar-refractivity contribution in [3.63, 3.8) is 0 Å². The van der Waals surface area contributed by atoms with E-state index in [2.05, 4.69) is 27.2 Å². The van der Waals surface area contributed by atoms with E-state index in [1.807, 2.05) is 7.05 Å². The van der Waals surface area contributed by atoms with Gasteiger partial charge in [0, 0.05) is 7.05 Å². The molecular weight excluding hydrogens is 196 g/mol. The molecule has 0 radical (unpaired) electrons. The molecule has 0 aliphatic carbocycles. The lowest BCUT2D eigenvalue weighted by molar-refractivity contribution is 0.515. The molecule has 1 aromatic heterocycles. The van der Waals surface area contributed by atoms with E-state index in [1.54, 1.807) is 11.0 Å². The van der Waals surface area contributed by atoms with Crippen molar-refractivity contribution in [2.24, 2.45) is 13.0 Å². The summed E-state index contributed by atoms with van der Waals surface area (Å²) in [7, 11) is 1.89. The first-order chi connectivity index (χ1) is 6.84. The van der Waals surface area contributed by atoms with Gasteiger partial charge in [-0.05, 0) is 30.4 Å². The molecule has 1 atom stereocenters. The molecule has 0 bridgehead atoms. The minimum atomic E-state index is 0.794. The van der Waals surface area contributed by atoms with E-state index < -0.39 is 0 Å². The molecule has 2 heterocycles. The molecule has 2 rings (SSSR count). The second-order valence-corrected chi connectivity index (χ2v) is 4.84. The summed E-state index contributed by atoms with van der Waals surface area (Å²) in [6.07, 6.45) is 3.09. The number of thioether (sulfide) groups is 1. The zero-order valence-electron chi connectivity index (χ0n) is 8.44. The number of nitrogens with zero attached hydrogens (tertiary/aromatic N) is 3. The first kappa shape index (κ1) is 9.98. The summed E-state index contributed by atoms with van der Waals surface area (Å²) in [5, 5.41) is 7.62. The first-order valence-electron chi connectivity index (χ1n) is 4.97. The Bertz CT molecular complexity index is 280. The molecule has 1 aliphatic heterocycles. The summed E-state index contributed by atoms with van der Waals surface area (Å²) in [4.78, 5) is 4.16. The highest BCUT2D eigenvalue weighted by Crippen LogP contribution is 2.22. The van der Waals surface area contributed by atoms with Crippen LogP contribution in [0.2, 0.25) is 0 Å². The van der Waals surface area contributed by atoms with Gasteiger partial charge in [-0.1, -0.05) is 0 Å². The molecule has 14 heavy (non-hydrogen) atoms. The van der Waals surface area contributed by atoms with Crippen molar-refractivity contribution >= 4 is 11.8 Å². The molecule has 5 heteroatoms. The summed E-state index contributed by atoms with van der Waals surface area (Å²) in [6.45, 7) is 1.90. The number of nitrogens with one attached hydrogen (secondary N) is 1. The number of hydrogen-bond acceptors (Lipinski definition) is 4. The zero-order chi connectivity index (χ0) is 9.80. The van der Waals surface area contributed by atoms with Crippen molar-refractivity contribution in [2.75, 3.05) is 18.1 Å². The third-order valence-corrected chi connectivity index (χ3v) is 3.62. The van der Waals surface area contributed by atoms with Crippen molar-refractivity contribution in [3.05, 3.63) is 12.2 Å². The van der Waals surface area contributed by atoms with Crippen molar-refractivity contribution in [1.82, 2.24) is 20.1 Å². The van der Waals surface area contributed by atoms with Gasteiger partial charge in [0.25, 0.3) is 0 Å². The average molecular weight is 212 g/mol. The molecule has 0 saturated carbocycles. The molecule has 1 N–H and O–H groups in total. The molecule has 1 aliphatic rings. The predicted molar refractivity (Wildman–Crippen MR) is 58.1 cm³/mol. The Morgan fingerprint density at radius 3 is 3.29 bits per heavy atom. The van der Waals surface area contributed by atoms with E-state index in [0.29, 0.717) is 0 Å². The zero-order valence-corrected chi connectivity index (χ0v) is 9.26. The Kier molecular flexibility index (Phi) is 3.42. The highest BCUT2D eigenvalue weighted by molar-refractivity contribution is 7.99. The lowest BCUT2D eigenvalue weighted by atomic mass is 10.1. The third kappa shape index (κ3) is 2.72. The molecule has 1 saturated heterocycles. The summed E-state index contributed by atoms with van der Waals surface area (Å²) in [6, 6.07) is 0.